The van der Waals surface area contributed by atoms with E-state index in [2.05, 4.69) is 15.3 Å². The first-order valence-electron chi connectivity index (χ1n) is 7.70. The van der Waals surface area contributed by atoms with E-state index in [9.17, 15) is 12.8 Å². The van der Waals surface area contributed by atoms with Crippen molar-refractivity contribution in [3.8, 4) is 11.6 Å². The zero-order valence-corrected chi connectivity index (χ0v) is 14.7. The fourth-order valence-electron chi connectivity index (χ4n) is 2.29. The second-order valence-electron chi connectivity index (χ2n) is 5.50. The summed E-state index contributed by atoms with van der Waals surface area (Å²) in [5.41, 5.74) is 0.668. The van der Waals surface area contributed by atoms with Crippen LogP contribution >= 0.6 is 0 Å². The molecule has 0 bridgehead atoms. The summed E-state index contributed by atoms with van der Waals surface area (Å²) in [5, 5.41) is 2.99. The lowest BCUT2D eigenvalue weighted by Gasteiger charge is -2.12. The Morgan fingerprint density at radius 3 is 2.62 bits per heavy atom. The van der Waals surface area contributed by atoms with E-state index in [4.69, 9.17) is 4.74 Å². The van der Waals surface area contributed by atoms with Crippen LogP contribution in [0.1, 0.15) is 5.56 Å². The number of rotatable bonds is 6. The van der Waals surface area contributed by atoms with Crippen LogP contribution < -0.4 is 10.1 Å². The number of ether oxygens (including phenoxy) is 1. The third kappa shape index (κ3) is 4.34. The number of halogens is 1. The van der Waals surface area contributed by atoms with Crippen molar-refractivity contribution in [1.29, 1.82) is 0 Å². The van der Waals surface area contributed by atoms with Crippen LogP contribution in [0.3, 0.4) is 0 Å². The zero-order chi connectivity index (χ0) is 18.6. The third-order valence-corrected chi connectivity index (χ3v) is 4.61. The van der Waals surface area contributed by atoms with Crippen LogP contribution in [0, 0.1) is 5.82 Å². The van der Waals surface area contributed by atoms with Gasteiger partial charge < -0.3 is 10.1 Å². The Balaban J connectivity index is 1.82. The molecule has 3 aromatic rings. The molecule has 1 N–H and O–H groups in total. The summed E-state index contributed by atoms with van der Waals surface area (Å²) in [6.07, 6.45) is 4.18. The molecule has 0 aliphatic carbocycles. The van der Waals surface area contributed by atoms with Crippen LogP contribution in [0.5, 0.6) is 11.6 Å². The standard InChI is InChI=1S/C18H16FN3O3S/c1-26(23,24)16-8-4-9-20-17(16)22-12-13-5-3-10-21-18(13)25-15-7-2-6-14(19)11-15/h2-11H,12H2,1H3,(H,20,22). The Hall–Kier alpha value is -3.00. The number of anilines is 1. The Morgan fingerprint density at radius 1 is 1.08 bits per heavy atom. The summed E-state index contributed by atoms with van der Waals surface area (Å²) in [4.78, 5) is 8.36. The Bertz CT molecular complexity index is 1030. The lowest BCUT2D eigenvalue weighted by Crippen LogP contribution is -2.08. The minimum Gasteiger partial charge on any atom is -0.439 e. The van der Waals surface area contributed by atoms with Crippen LogP contribution in [0.25, 0.3) is 0 Å². The molecule has 0 aliphatic heterocycles. The molecule has 26 heavy (non-hydrogen) atoms. The minimum atomic E-state index is -3.41. The summed E-state index contributed by atoms with van der Waals surface area (Å²) in [6.45, 7) is 0.234. The van der Waals surface area contributed by atoms with Crippen molar-refractivity contribution in [1.82, 2.24) is 9.97 Å². The van der Waals surface area contributed by atoms with Crippen molar-refractivity contribution in [2.45, 2.75) is 11.4 Å². The second-order valence-corrected chi connectivity index (χ2v) is 7.49. The predicted molar refractivity (Wildman–Crippen MR) is 95.4 cm³/mol. The second kappa shape index (κ2) is 7.49. The minimum absolute atomic E-state index is 0.108. The molecular formula is C18H16FN3O3S. The van der Waals surface area contributed by atoms with E-state index in [0.29, 0.717) is 17.2 Å². The summed E-state index contributed by atoms with van der Waals surface area (Å²) < 4.78 is 42.7. The topological polar surface area (TPSA) is 81.2 Å². The molecule has 8 heteroatoms. The molecule has 0 aliphatic rings. The first kappa shape index (κ1) is 17.8. The highest BCUT2D eigenvalue weighted by molar-refractivity contribution is 7.90. The molecular weight excluding hydrogens is 357 g/mol. The van der Waals surface area contributed by atoms with Gasteiger partial charge in [0, 0.05) is 36.8 Å². The van der Waals surface area contributed by atoms with Gasteiger partial charge in [-0.1, -0.05) is 12.1 Å². The first-order chi connectivity index (χ1) is 12.4. The van der Waals surface area contributed by atoms with Gasteiger partial charge in [-0.15, -0.1) is 0 Å². The van der Waals surface area contributed by atoms with Crippen LogP contribution in [0.4, 0.5) is 10.2 Å². The SMILES string of the molecule is CS(=O)(=O)c1cccnc1NCc1cccnc1Oc1cccc(F)c1. The van der Waals surface area contributed by atoms with Gasteiger partial charge in [-0.2, -0.15) is 0 Å². The van der Waals surface area contributed by atoms with E-state index in [-0.39, 0.29) is 17.3 Å². The van der Waals surface area contributed by atoms with Crippen LogP contribution in [-0.2, 0) is 16.4 Å². The number of sulfone groups is 1. The number of nitrogens with zero attached hydrogens (tertiary/aromatic N) is 2. The van der Waals surface area contributed by atoms with E-state index < -0.39 is 15.7 Å². The molecule has 0 radical (unpaired) electrons. The van der Waals surface area contributed by atoms with Gasteiger partial charge in [-0.25, -0.2) is 22.8 Å². The smallest absolute Gasteiger partial charge is 0.224 e. The maximum Gasteiger partial charge on any atom is 0.224 e. The number of pyridine rings is 2. The van der Waals surface area contributed by atoms with Gasteiger partial charge in [0.15, 0.2) is 9.84 Å². The highest BCUT2D eigenvalue weighted by atomic mass is 32.2. The lowest BCUT2D eigenvalue weighted by molar-refractivity contribution is 0.452. The summed E-state index contributed by atoms with van der Waals surface area (Å²) in [5.74, 6) is 0.446. The fourth-order valence-corrected chi connectivity index (χ4v) is 3.10. The fraction of sp³-hybridized carbons (Fsp3) is 0.111. The molecule has 3 rings (SSSR count). The summed E-state index contributed by atoms with van der Waals surface area (Å²) in [6, 6.07) is 12.3. The highest BCUT2D eigenvalue weighted by Crippen LogP contribution is 2.25. The van der Waals surface area contributed by atoms with E-state index in [0.717, 1.165) is 6.26 Å². The Morgan fingerprint density at radius 2 is 1.85 bits per heavy atom. The lowest BCUT2D eigenvalue weighted by atomic mass is 10.2. The molecule has 0 amide bonds. The van der Waals surface area contributed by atoms with E-state index >= 15 is 0 Å². The predicted octanol–water partition coefficient (Wildman–Crippen LogP) is 3.42. The molecule has 2 aromatic heterocycles. The monoisotopic (exact) mass is 373 g/mol. The molecule has 0 saturated carbocycles. The third-order valence-electron chi connectivity index (χ3n) is 3.48. The molecule has 0 saturated heterocycles. The van der Waals surface area contributed by atoms with Crippen molar-refractivity contribution >= 4 is 15.7 Å². The van der Waals surface area contributed by atoms with E-state index in [1.165, 1.54) is 30.5 Å². The largest absolute Gasteiger partial charge is 0.439 e. The molecule has 0 spiro atoms. The van der Waals surface area contributed by atoms with E-state index in [1.807, 2.05) is 0 Å². The van der Waals surface area contributed by atoms with Gasteiger partial charge in [0.1, 0.15) is 22.3 Å². The van der Waals surface area contributed by atoms with Gasteiger partial charge in [0.05, 0.1) is 0 Å². The van der Waals surface area contributed by atoms with Crippen molar-refractivity contribution in [3.05, 3.63) is 72.3 Å². The summed E-state index contributed by atoms with van der Waals surface area (Å²) in [7, 11) is -3.41. The Kier molecular flexibility index (Phi) is 5.13. The van der Waals surface area contributed by atoms with Crippen molar-refractivity contribution in [2.75, 3.05) is 11.6 Å². The van der Waals surface area contributed by atoms with Crippen LogP contribution in [0.2, 0.25) is 0 Å². The number of benzene rings is 1. The molecule has 1 aromatic carbocycles. The molecule has 6 nitrogen and oxygen atoms in total. The van der Waals surface area contributed by atoms with Gasteiger partial charge >= 0.3 is 0 Å². The Labute approximate surface area is 150 Å². The highest BCUT2D eigenvalue weighted by Gasteiger charge is 2.14. The number of aromatic nitrogens is 2. The van der Waals surface area contributed by atoms with Crippen LogP contribution in [-0.4, -0.2) is 24.6 Å². The van der Waals surface area contributed by atoms with Crippen molar-refractivity contribution in [2.24, 2.45) is 0 Å². The van der Waals surface area contributed by atoms with Crippen molar-refractivity contribution in [3.63, 3.8) is 0 Å². The molecule has 0 unspecified atom stereocenters. The van der Waals surface area contributed by atoms with E-state index in [1.54, 1.807) is 30.5 Å². The number of hydrogen-bond donors (Lipinski definition) is 1. The van der Waals surface area contributed by atoms with Crippen molar-refractivity contribution < 1.29 is 17.5 Å². The normalized spacial score (nSPS) is 11.2. The molecule has 0 atom stereocenters. The quantitative estimate of drug-likeness (QED) is 0.713. The van der Waals surface area contributed by atoms with Gasteiger partial charge in [0.2, 0.25) is 5.88 Å². The summed E-state index contributed by atoms with van der Waals surface area (Å²) >= 11 is 0. The van der Waals surface area contributed by atoms with Gasteiger partial charge in [-0.3, -0.25) is 0 Å². The maximum absolute atomic E-state index is 13.3. The number of hydrogen-bond acceptors (Lipinski definition) is 6. The maximum atomic E-state index is 13.3. The molecule has 134 valence electrons. The first-order valence-corrected chi connectivity index (χ1v) is 9.59. The zero-order valence-electron chi connectivity index (χ0n) is 13.9. The van der Waals surface area contributed by atoms with Crippen LogP contribution in [0.15, 0.2) is 65.8 Å². The number of nitrogens with one attached hydrogen (secondary N) is 1. The molecule has 2 heterocycles. The average Bonchev–Trinajstić information content (AvgIpc) is 2.60. The molecule has 0 fully saturated rings. The van der Waals surface area contributed by atoms with Gasteiger partial charge in [-0.05, 0) is 30.3 Å². The average molecular weight is 373 g/mol. The van der Waals surface area contributed by atoms with Gasteiger partial charge in [0.25, 0.3) is 0 Å².